The Labute approximate surface area is 219 Å². The molecule has 1 aromatic carbocycles. The van der Waals surface area contributed by atoms with Crippen LogP contribution in [0.2, 0.25) is 5.02 Å². The number of rotatable bonds is 6. The second-order valence-electron chi connectivity index (χ2n) is 8.40. The lowest BCUT2D eigenvalue weighted by Crippen LogP contribution is -2.41. The van der Waals surface area contributed by atoms with Gasteiger partial charge in [0.25, 0.3) is 6.01 Å². The first-order valence-electron chi connectivity index (χ1n) is 11.3. The molecule has 2 aliphatic heterocycles. The number of carbonyl (C=O) groups is 2. The summed E-state index contributed by atoms with van der Waals surface area (Å²) in [5, 5.41) is 15.0. The number of piperidine rings is 1. The van der Waals surface area contributed by atoms with Gasteiger partial charge in [0.1, 0.15) is 11.9 Å². The van der Waals surface area contributed by atoms with E-state index in [1.807, 2.05) is 10.3 Å². The molecule has 0 amide bonds. The van der Waals surface area contributed by atoms with Crippen LogP contribution in [0.3, 0.4) is 0 Å². The molecule has 2 N–H and O–H groups in total. The minimum Gasteiger partial charge on any atom is -0.475 e. The molecule has 37 heavy (non-hydrogen) atoms. The average Bonchev–Trinajstić information content (AvgIpc) is 3.61. The number of carboxylic acids is 1. The minimum absolute atomic E-state index is 0.105. The molecule has 0 saturated carbocycles. The number of esters is 1. The van der Waals surface area contributed by atoms with E-state index in [0.717, 1.165) is 0 Å². The van der Waals surface area contributed by atoms with Gasteiger partial charge in [-0.1, -0.05) is 17.7 Å². The molecule has 0 spiro atoms. The summed E-state index contributed by atoms with van der Waals surface area (Å²) >= 11 is 7.80. The molecule has 5 rings (SSSR count). The van der Waals surface area contributed by atoms with Gasteiger partial charge in [0.2, 0.25) is 5.76 Å². The van der Waals surface area contributed by atoms with Gasteiger partial charge in [-0.15, -0.1) is 11.3 Å². The van der Waals surface area contributed by atoms with Crippen molar-refractivity contribution in [2.75, 3.05) is 25.1 Å². The summed E-state index contributed by atoms with van der Waals surface area (Å²) < 4.78 is 24.3. The minimum atomic E-state index is -1.19. The number of benzene rings is 1. The summed E-state index contributed by atoms with van der Waals surface area (Å²) in [5.41, 5.74) is 1.39. The maximum Gasteiger partial charge on any atom is 0.373 e. The molecular weight excluding hydrogens is 525 g/mol. The number of carboxylic acid groups (broad SMARTS) is 1. The summed E-state index contributed by atoms with van der Waals surface area (Å²) in [5.74, 6) is -2.12. The third kappa shape index (κ3) is 4.94. The molecule has 2 aromatic heterocycles. The van der Waals surface area contributed by atoms with Crippen LogP contribution < -0.4 is 10.2 Å². The lowest BCUT2D eigenvalue weighted by Gasteiger charge is -2.36. The Hall–Kier alpha value is -3.77. The molecule has 0 radical (unpaired) electrons. The quantitative estimate of drug-likeness (QED) is 0.440. The van der Waals surface area contributed by atoms with Crippen LogP contribution in [0.4, 0.5) is 10.4 Å². The number of aromatic carboxylic acids is 1. The highest BCUT2D eigenvalue weighted by Crippen LogP contribution is 2.40. The zero-order chi connectivity index (χ0) is 26.1. The fraction of sp³-hybridized carbons (Fsp3) is 0.292. The fourth-order valence-corrected chi connectivity index (χ4v) is 5.35. The molecule has 1 atom stereocenters. The Morgan fingerprint density at radius 2 is 2.08 bits per heavy atom. The second kappa shape index (κ2) is 10.3. The van der Waals surface area contributed by atoms with E-state index in [1.165, 1.54) is 42.8 Å². The monoisotopic (exact) mass is 545 g/mol. The van der Waals surface area contributed by atoms with Gasteiger partial charge in [0.15, 0.2) is 10.8 Å². The second-order valence-corrected chi connectivity index (χ2v) is 9.70. The van der Waals surface area contributed by atoms with Crippen LogP contribution in [0, 0.1) is 11.7 Å². The number of methoxy groups -OCH3 is 1. The van der Waals surface area contributed by atoms with E-state index >= 15 is 0 Å². The molecule has 1 saturated heterocycles. The highest BCUT2D eigenvalue weighted by molar-refractivity contribution is 7.11. The number of nitrogens with zero attached hydrogens (tertiary/aromatic N) is 4. The third-order valence-corrected chi connectivity index (χ3v) is 7.36. The van der Waals surface area contributed by atoms with E-state index in [1.54, 1.807) is 6.20 Å². The Kier molecular flexibility index (Phi) is 6.94. The van der Waals surface area contributed by atoms with E-state index < -0.39 is 23.8 Å². The number of hydrogen-bond acceptors (Lipinski definition) is 10. The first-order valence-corrected chi connectivity index (χ1v) is 12.6. The first kappa shape index (κ1) is 24.9. The van der Waals surface area contributed by atoms with Crippen molar-refractivity contribution in [2.45, 2.75) is 18.9 Å². The Morgan fingerprint density at radius 1 is 1.30 bits per heavy atom. The number of hydrogen-bond donors (Lipinski definition) is 2. The van der Waals surface area contributed by atoms with E-state index in [9.17, 15) is 14.0 Å². The number of allylic oxidation sites excluding steroid dienone is 1. The standard InChI is InChI=1S/C24H21ClFN5O5S/c1-35-23(34)17-18(12-4-7-31(8-5-12)24-28-11-16(36-24)22(32)33)29-20(21-27-6-9-37-21)30-19(17)14-3-2-13(26)10-15(14)25/h2-3,6,9-12,19H,4-5,7-8H2,1H3,(H,29,30)(H,32,33). The highest BCUT2D eigenvalue weighted by Gasteiger charge is 2.38. The zero-order valence-corrected chi connectivity index (χ0v) is 21.1. The zero-order valence-electron chi connectivity index (χ0n) is 19.5. The molecule has 3 aromatic rings. The molecule has 0 aliphatic carbocycles. The molecule has 1 fully saturated rings. The molecule has 13 heteroatoms. The number of nitrogens with one attached hydrogen (secondary N) is 1. The summed E-state index contributed by atoms with van der Waals surface area (Å²) in [6.07, 6.45) is 4.03. The Balaban J connectivity index is 1.51. The maximum atomic E-state index is 13.8. The van der Waals surface area contributed by atoms with Crippen LogP contribution in [0.1, 0.15) is 40.0 Å². The predicted molar refractivity (Wildman–Crippen MR) is 133 cm³/mol. The van der Waals surface area contributed by atoms with Crippen LogP contribution in [0.25, 0.3) is 0 Å². The Morgan fingerprint density at radius 3 is 2.70 bits per heavy atom. The molecular formula is C24H21ClFN5O5S. The number of oxazole rings is 1. The van der Waals surface area contributed by atoms with Gasteiger partial charge in [0.05, 0.1) is 18.9 Å². The largest absolute Gasteiger partial charge is 0.475 e. The predicted octanol–water partition coefficient (Wildman–Crippen LogP) is 4.06. The van der Waals surface area contributed by atoms with Crippen molar-refractivity contribution >= 4 is 46.7 Å². The first-order chi connectivity index (χ1) is 17.9. The van der Waals surface area contributed by atoms with Gasteiger partial charge in [0, 0.05) is 46.9 Å². The summed E-state index contributed by atoms with van der Waals surface area (Å²) in [6, 6.07) is 3.37. The van der Waals surface area contributed by atoms with Crippen molar-refractivity contribution in [2.24, 2.45) is 10.9 Å². The number of thiazole rings is 1. The number of amidine groups is 1. The summed E-state index contributed by atoms with van der Waals surface area (Å²) in [6.45, 7) is 1.02. The van der Waals surface area contributed by atoms with Crippen molar-refractivity contribution in [1.29, 1.82) is 0 Å². The topological polar surface area (TPSA) is 130 Å². The molecule has 10 nitrogen and oxygen atoms in total. The smallest absolute Gasteiger partial charge is 0.373 e. The van der Waals surface area contributed by atoms with Crippen molar-refractivity contribution in [3.63, 3.8) is 0 Å². The molecule has 0 bridgehead atoms. The van der Waals surface area contributed by atoms with Gasteiger partial charge in [-0.2, -0.15) is 0 Å². The van der Waals surface area contributed by atoms with E-state index in [0.29, 0.717) is 53.6 Å². The number of ether oxygens (including phenoxy) is 1. The third-order valence-electron chi connectivity index (χ3n) is 6.25. The van der Waals surface area contributed by atoms with Crippen molar-refractivity contribution in [3.8, 4) is 0 Å². The van der Waals surface area contributed by atoms with Gasteiger partial charge in [-0.25, -0.2) is 23.9 Å². The Bertz CT molecular complexity index is 1400. The van der Waals surface area contributed by atoms with Crippen LogP contribution in [0.15, 0.2) is 56.7 Å². The maximum absolute atomic E-state index is 13.8. The number of aliphatic imine (C=N–C) groups is 1. The van der Waals surface area contributed by atoms with Crippen molar-refractivity contribution < 1.29 is 28.2 Å². The SMILES string of the molecule is COC(=O)C1=C(C2CCN(c3ncc(C(=O)O)o3)CC2)NC(c2nccs2)=NC1c1ccc(F)cc1Cl. The molecule has 1 unspecified atom stereocenters. The van der Waals surface area contributed by atoms with Crippen molar-refractivity contribution in [3.05, 3.63) is 74.4 Å². The molecule has 2 aliphatic rings. The lowest BCUT2D eigenvalue weighted by atomic mass is 9.86. The normalized spacial score (nSPS) is 18.4. The van der Waals surface area contributed by atoms with Gasteiger partial charge < -0.3 is 24.5 Å². The average molecular weight is 546 g/mol. The molecule has 4 heterocycles. The fourth-order valence-electron chi connectivity index (χ4n) is 4.49. The lowest BCUT2D eigenvalue weighted by molar-refractivity contribution is -0.136. The van der Waals surface area contributed by atoms with Crippen molar-refractivity contribution in [1.82, 2.24) is 15.3 Å². The van der Waals surface area contributed by atoms with Crippen LogP contribution in [-0.4, -0.2) is 53.0 Å². The summed E-state index contributed by atoms with van der Waals surface area (Å²) in [4.78, 5) is 39.3. The summed E-state index contributed by atoms with van der Waals surface area (Å²) in [7, 11) is 1.29. The molecule has 192 valence electrons. The van der Waals surface area contributed by atoms with E-state index in [2.05, 4.69) is 15.3 Å². The van der Waals surface area contributed by atoms with Gasteiger partial charge in [-0.3, -0.25) is 4.99 Å². The van der Waals surface area contributed by atoms with Gasteiger partial charge in [-0.05, 0) is 25.0 Å². The van der Waals surface area contributed by atoms with E-state index in [-0.39, 0.29) is 22.7 Å². The van der Waals surface area contributed by atoms with Crippen LogP contribution >= 0.6 is 22.9 Å². The van der Waals surface area contributed by atoms with Crippen LogP contribution in [0.5, 0.6) is 0 Å². The number of anilines is 1. The number of halogens is 2. The number of carbonyl (C=O) groups excluding carboxylic acids is 1. The highest BCUT2D eigenvalue weighted by atomic mass is 35.5. The number of aromatic nitrogens is 2. The van der Waals surface area contributed by atoms with E-state index in [4.69, 9.17) is 30.9 Å². The van der Waals surface area contributed by atoms with Crippen LogP contribution in [-0.2, 0) is 9.53 Å². The van der Waals surface area contributed by atoms with Gasteiger partial charge >= 0.3 is 11.9 Å².